The van der Waals surface area contributed by atoms with Gasteiger partial charge in [-0.2, -0.15) is 0 Å². The average molecular weight is 390 g/mol. The number of benzene rings is 1. The number of hydrogen-bond donors (Lipinski definition) is 1. The van der Waals surface area contributed by atoms with E-state index in [0.717, 1.165) is 18.7 Å². The topological polar surface area (TPSA) is 86.3 Å². The van der Waals surface area contributed by atoms with Crippen molar-refractivity contribution >= 4 is 17.7 Å². The number of amides is 1. The van der Waals surface area contributed by atoms with E-state index in [-0.39, 0.29) is 11.2 Å². The van der Waals surface area contributed by atoms with Crippen molar-refractivity contribution in [1.29, 1.82) is 0 Å². The van der Waals surface area contributed by atoms with E-state index in [1.54, 1.807) is 7.11 Å². The van der Waals surface area contributed by atoms with E-state index in [2.05, 4.69) is 24.0 Å². The highest BCUT2D eigenvalue weighted by atomic mass is 32.2. The maximum absolute atomic E-state index is 12.9. The zero-order valence-corrected chi connectivity index (χ0v) is 17.1. The first-order valence-corrected chi connectivity index (χ1v) is 10.1. The number of likely N-dealkylation sites (tertiary alicyclic amines) is 1. The average Bonchev–Trinajstić information content (AvgIpc) is 3.00. The third-order valence-corrected chi connectivity index (χ3v) is 5.87. The van der Waals surface area contributed by atoms with Crippen LogP contribution < -0.4 is 10.6 Å². The van der Waals surface area contributed by atoms with Crippen molar-refractivity contribution in [2.24, 2.45) is 11.8 Å². The van der Waals surface area contributed by atoms with E-state index in [0.29, 0.717) is 28.6 Å². The summed E-state index contributed by atoms with van der Waals surface area (Å²) >= 11 is 1.34. The quantitative estimate of drug-likeness (QED) is 0.625. The molecule has 0 radical (unpaired) electrons. The number of nitrogens with zero attached hydrogens (tertiary/aromatic N) is 4. The van der Waals surface area contributed by atoms with Crippen LogP contribution in [-0.2, 0) is 4.79 Å². The first kappa shape index (κ1) is 19.5. The Kier molecular flexibility index (Phi) is 5.94. The largest absolute Gasteiger partial charge is 0.496 e. The van der Waals surface area contributed by atoms with Crippen LogP contribution in [-0.4, -0.2) is 51.1 Å². The van der Waals surface area contributed by atoms with Gasteiger partial charge in [0.1, 0.15) is 5.75 Å². The zero-order valence-electron chi connectivity index (χ0n) is 16.3. The summed E-state index contributed by atoms with van der Waals surface area (Å²) in [6.45, 7) is 7.92. The second-order valence-electron chi connectivity index (χ2n) is 7.33. The van der Waals surface area contributed by atoms with E-state index in [9.17, 15) is 4.79 Å². The zero-order chi connectivity index (χ0) is 19.6. The van der Waals surface area contributed by atoms with Crippen LogP contribution in [0.2, 0.25) is 0 Å². The number of carbonyl (C=O) groups excluding carboxylic acids is 1. The highest BCUT2D eigenvalue weighted by molar-refractivity contribution is 8.00. The van der Waals surface area contributed by atoms with Gasteiger partial charge in [-0.25, -0.2) is 4.68 Å². The van der Waals surface area contributed by atoms with Crippen LogP contribution in [0.15, 0.2) is 29.4 Å². The molecule has 3 unspecified atom stereocenters. The molecule has 3 rings (SSSR count). The number of hydrogen-bond acceptors (Lipinski definition) is 6. The number of methoxy groups -OCH3 is 1. The van der Waals surface area contributed by atoms with Gasteiger partial charge < -0.3 is 15.5 Å². The predicted molar refractivity (Wildman–Crippen MR) is 107 cm³/mol. The van der Waals surface area contributed by atoms with Gasteiger partial charge in [-0.3, -0.25) is 4.79 Å². The summed E-state index contributed by atoms with van der Waals surface area (Å²) in [6.07, 6.45) is 1.17. The Morgan fingerprint density at radius 1 is 1.26 bits per heavy atom. The first-order valence-electron chi connectivity index (χ1n) is 9.20. The Balaban J connectivity index is 1.74. The Labute approximate surface area is 164 Å². The number of piperidine rings is 1. The van der Waals surface area contributed by atoms with Crippen molar-refractivity contribution in [3.8, 4) is 17.1 Å². The summed E-state index contributed by atoms with van der Waals surface area (Å²) < 4.78 is 6.80. The number of carbonyl (C=O) groups is 1. The Morgan fingerprint density at radius 3 is 2.59 bits per heavy atom. The van der Waals surface area contributed by atoms with Gasteiger partial charge >= 0.3 is 0 Å². The fourth-order valence-electron chi connectivity index (χ4n) is 3.68. The van der Waals surface area contributed by atoms with Gasteiger partial charge in [0.2, 0.25) is 11.1 Å². The number of nitrogens with two attached hydrogens (primary N) is 1. The summed E-state index contributed by atoms with van der Waals surface area (Å²) in [5, 5.41) is 8.63. The number of ether oxygens (including phenoxy) is 1. The molecule has 0 saturated carbocycles. The molecule has 0 aliphatic carbocycles. The van der Waals surface area contributed by atoms with Gasteiger partial charge in [-0.05, 0) is 37.3 Å². The van der Waals surface area contributed by atoms with Gasteiger partial charge in [0.15, 0.2) is 5.82 Å². The van der Waals surface area contributed by atoms with Crippen LogP contribution in [0.3, 0.4) is 0 Å². The van der Waals surface area contributed by atoms with E-state index >= 15 is 0 Å². The highest BCUT2D eigenvalue weighted by Crippen LogP contribution is 2.31. The summed E-state index contributed by atoms with van der Waals surface area (Å²) in [5.41, 5.74) is 0.763. The second-order valence-corrected chi connectivity index (χ2v) is 8.63. The lowest BCUT2D eigenvalue weighted by atomic mass is 9.92. The normalized spacial score (nSPS) is 21.1. The van der Waals surface area contributed by atoms with Crippen LogP contribution in [0.4, 0.5) is 0 Å². The minimum absolute atomic E-state index is 0.125. The second kappa shape index (κ2) is 8.21. The third kappa shape index (κ3) is 4.21. The SMILES string of the molecule is COc1ccccc1-c1nnc(SC(C)C(=O)N2CC(C)CC(C)C2)n1N. The first-order chi connectivity index (χ1) is 12.9. The number of nitrogen functional groups attached to an aromatic ring is 1. The van der Waals surface area contributed by atoms with Gasteiger partial charge in [0, 0.05) is 13.1 Å². The molecule has 3 atom stereocenters. The van der Waals surface area contributed by atoms with Crippen LogP contribution >= 0.6 is 11.8 Å². The summed E-state index contributed by atoms with van der Waals surface area (Å²) in [6, 6.07) is 7.51. The number of thioether (sulfide) groups is 1. The van der Waals surface area contributed by atoms with Crippen molar-refractivity contribution in [3.05, 3.63) is 24.3 Å². The Bertz CT molecular complexity index is 799. The molecule has 1 fully saturated rings. The molecule has 27 heavy (non-hydrogen) atoms. The molecule has 7 nitrogen and oxygen atoms in total. The standard InChI is InChI=1S/C19H27N5O2S/c1-12-9-13(2)11-23(10-12)18(25)14(3)27-19-22-21-17(24(19)20)15-7-5-6-8-16(15)26-4/h5-8,12-14H,9-11,20H2,1-4H3. The molecule has 0 spiro atoms. The number of rotatable bonds is 5. The molecule has 8 heteroatoms. The smallest absolute Gasteiger partial charge is 0.235 e. The van der Waals surface area contributed by atoms with Crippen molar-refractivity contribution in [2.75, 3.05) is 26.0 Å². The van der Waals surface area contributed by atoms with Crippen LogP contribution in [0.25, 0.3) is 11.4 Å². The maximum Gasteiger partial charge on any atom is 0.235 e. The van der Waals surface area contributed by atoms with Gasteiger partial charge in [-0.15, -0.1) is 10.2 Å². The molecule has 0 bridgehead atoms. The van der Waals surface area contributed by atoms with Crippen molar-refractivity contribution < 1.29 is 9.53 Å². The van der Waals surface area contributed by atoms with Crippen molar-refractivity contribution in [2.45, 2.75) is 37.6 Å². The van der Waals surface area contributed by atoms with E-state index in [4.69, 9.17) is 10.6 Å². The minimum Gasteiger partial charge on any atom is -0.496 e. The maximum atomic E-state index is 12.9. The van der Waals surface area contributed by atoms with E-state index < -0.39 is 0 Å². The van der Waals surface area contributed by atoms with Crippen molar-refractivity contribution in [3.63, 3.8) is 0 Å². The molecular formula is C19H27N5O2S. The van der Waals surface area contributed by atoms with Crippen LogP contribution in [0, 0.1) is 11.8 Å². The molecular weight excluding hydrogens is 362 g/mol. The minimum atomic E-state index is -0.278. The summed E-state index contributed by atoms with van der Waals surface area (Å²) in [4.78, 5) is 14.8. The number of aromatic nitrogens is 3. The monoisotopic (exact) mass is 389 g/mol. The lowest BCUT2D eigenvalue weighted by molar-refractivity contribution is -0.132. The fourth-order valence-corrected chi connectivity index (χ4v) is 4.53. The lowest BCUT2D eigenvalue weighted by Gasteiger charge is -2.36. The van der Waals surface area contributed by atoms with Crippen molar-refractivity contribution in [1.82, 2.24) is 19.8 Å². The molecule has 1 saturated heterocycles. The molecule has 1 aliphatic rings. The molecule has 146 valence electrons. The molecule has 2 N–H and O–H groups in total. The van der Waals surface area contributed by atoms with Gasteiger partial charge in [0.25, 0.3) is 0 Å². The lowest BCUT2D eigenvalue weighted by Crippen LogP contribution is -2.45. The molecule has 2 aromatic rings. The molecule has 1 aromatic heterocycles. The number of para-hydroxylation sites is 1. The van der Waals surface area contributed by atoms with E-state index in [1.807, 2.05) is 36.1 Å². The van der Waals surface area contributed by atoms with Crippen LogP contribution in [0.5, 0.6) is 5.75 Å². The molecule has 2 heterocycles. The molecule has 1 aromatic carbocycles. The molecule has 1 amide bonds. The fraction of sp³-hybridized carbons (Fsp3) is 0.526. The predicted octanol–water partition coefficient (Wildman–Crippen LogP) is 2.65. The molecule has 1 aliphatic heterocycles. The summed E-state index contributed by atoms with van der Waals surface area (Å²) in [7, 11) is 1.60. The Hall–Kier alpha value is -2.22. The highest BCUT2D eigenvalue weighted by Gasteiger charge is 2.30. The van der Waals surface area contributed by atoms with Crippen LogP contribution in [0.1, 0.15) is 27.2 Å². The van der Waals surface area contributed by atoms with Gasteiger partial charge in [0.05, 0.1) is 17.9 Å². The third-order valence-electron chi connectivity index (χ3n) is 4.82. The Morgan fingerprint density at radius 2 is 1.93 bits per heavy atom. The van der Waals surface area contributed by atoms with Gasteiger partial charge in [-0.1, -0.05) is 37.7 Å². The van der Waals surface area contributed by atoms with E-state index in [1.165, 1.54) is 22.9 Å². The summed E-state index contributed by atoms with van der Waals surface area (Å²) in [5.74, 6) is 8.59.